The number of unbranched alkanes of at least 4 members (excludes halogenated alkanes) is 2. The van der Waals surface area contributed by atoms with Gasteiger partial charge in [0.2, 0.25) is 0 Å². The molecule has 1 aliphatic rings. The van der Waals surface area contributed by atoms with Crippen LogP contribution in [-0.4, -0.2) is 26.7 Å². The third-order valence-electron chi connectivity index (χ3n) is 2.72. The van der Waals surface area contributed by atoms with Gasteiger partial charge in [0.1, 0.15) is 5.84 Å². The number of hydrogen-bond donors (Lipinski definition) is 1. The molecule has 0 amide bonds. The summed E-state index contributed by atoms with van der Waals surface area (Å²) in [5.41, 5.74) is 0.662. The van der Waals surface area contributed by atoms with Crippen molar-refractivity contribution in [3.05, 3.63) is 29.8 Å². The van der Waals surface area contributed by atoms with Gasteiger partial charge in [-0.2, -0.15) is 0 Å². The molecule has 0 fully saturated rings. The summed E-state index contributed by atoms with van der Waals surface area (Å²) in [5.74, 6) is 1.11. The van der Waals surface area contributed by atoms with Crippen molar-refractivity contribution in [3.8, 4) is 0 Å². The molecule has 98 valence electrons. The van der Waals surface area contributed by atoms with Crippen molar-refractivity contribution in [2.24, 2.45) is 4.99 Å². The van der Waals surface area contributed by atoms with Gasteiger partial charge in [0.05, 0.1) is 4.90 Å². The van der Waals surface area contributed by atoms with Crippen molar-refractivity contribution < 1.29 is 8.42 Å². The molecule has 0 aromatic heterocycles. The van der Waals surface area contributed by atoms with E-state index < -0.39 is 10.0 Å². The summed E-state index contributed by atoms with van der Waals surface area (Å²) in [6.45, 7) is 0.614. The van der Waals surface area contributed by atoms with E-state index in [4.69, 9.17) is 11.6 Å². The summed E-state index contributed by atoms with van der Waals surface area (Å²) in [6.07, 6.45) is 2.89. The second kappa shape index (κ2) is 5.71. The van der Waals surface area contributed by atoms with Gasteiger partial charge in [0.25, 0.3) is 10.0 Å². The SMILES string of the molecule is O=S1(=O)NC(=NCCCCCCl)c2ccccc21. The molecule has 1 heterocycles. The molecule has 0 unspecified atom stereocenters. The molecule has 0 spiro atoms. The molecule has 1 N–H and O–H groups in total. The summed E-state index contributed by atoms with van der Waals surface area (Å²) in [6, 6.07) is 6.88. The van der Waals surface area contributed by atoms with Crippen LogP contribution < -0.4 is 4.72 Å². The van der Waals surface area contributed by atoms with Crippen molar-refractivity contribution in [1.82, 2.24) is 4.72 Å². The van der Waals surface area contributed by atoms with E-state index in [-0.39, 0.29) is 0 Å². The van der Waals surface area contributed by atoms with E-state index in [0.717, 1.165) is 19.3 Å². The highest BCUT2D eigenvalue weighted by molar-refractivity contribution is 7.90. The Balaban J connectivity index is 2.10. The van der Waals surface area contributed by atoms with Crippen LogP contribution >= 0.6 is 11.6 Å². The Morgan fingerprint density at radius 2 is 1.94 bits per heavy atom. The molecule has 1 aromatic carbocycles. The second-order valence-corrected chi connectivity index (χ2v) is 6.11. The number of sulfonamides is 1. The third-order valence-corrected chi connectivity index (χ3v) is 4.39. The number of nitrogens with one attached hydrogen (secondary N) is 1. The van der Waals surface area contributed by atoms with Gasteiger partial charge in [-0.15, -0.1) is 11.6 Å². The lowest BCUT2D eigenvalue weighted by Crippen LogP contribution is -2.22. The molecule has 0 atom stereocenters. The molecule has 2 rings (SSSR count). The molecule has 6 heteroatoms. The highest BCUT2D eigenvalue weighted by Crippen LogP contribution is 2.22. The number of hydrogen-bond acceptors (Lipinski definition) is 3. The minimum Gasteiger partial charge on any atom is -0.267 e. The Bertz CT molecular complexity index is 555. The van der Waals surface area contributed by atoms with Gasteiger partial charge < -0.3 is 0 Å². The van der Waals surface area contributed by atoms with Gasteiger partial charge in [-0.25, -0.2) is 8.42 Å². The van der Waals surface area contributed by atoms with Gasteiger partial charge in [0.15, 0.2) is 0 Å². The monoisotopic (exact) mass is 286 g/mol. The van der Waals surface area contributed by atoms with Gasteiger partial charge in [0, 0.05) is 18.0 Å². The van der Waals surface area contributed by atoms with Crippen molar-refractivity contribution in [3.63, 3.8) is 0 Å². The number of amidine groups is 1. The molecule has 4 nitrogen and oxygen atoms in total. The number of alkyl halides is 1. The Hall–Kier alpha value is -1.07. The molecule has 0 bridgehead atoms. The summed E-state index contributed by atoms with van der Waals surface area (Å²) < 4.78 is 26.1. The Morgan fingerprint density at radius 1 is 1.17 bits per heavy atom. The van der Waals surface area contributed by atoms with E-state index >= 15 is 0 Å². The maximum atomic E-state index is 11.8. The van der Waals surface area contributed by atoms with Gasteiger partial charge in [-0.3, -0.25) is 9.71 Å². The lowest BCUT2D eigenvalue weighted by atomic mass is 10.2. The highest BCUT2D eigenvalue weighted by atomic mass is 35.5. The van der Waals surface area contributed by atoms with E-state index in [2.05, 4.69) is 9.71 Å². The first kappa shape index (κ1) is 13.4. The zero-order chi connectivity index (χ0) is 13.0. The van der Waals surface area contributed by atoms with E-state index in [1.165, 1.54) is 0 Å². The van der Waals surface area contributed by atoms with Crippen molar-refractivity contribution in [2.75, 3.05) is 12.4 Å². The van der Waals surface area contributed by atoms with Crippen molar-refractivity contribution in [1.29, 1.82) is 0 Å². The van der Waals surface area contributed by atoms with Crippen LogP contribution in [0.4, 0.5) is 0 Å². The minimum atomic E-state index is -3.40. The average Bonchev–Trinajstić information content (AvgIpc) is 2.62. The van der Waals surface area contributed by atoms with Crippen LogP contribution in [-0.2, 0) is 10.0 Å². The number of halogens is 1. The van der Waals surface area contributed by atoms with Crippen LogP contribution in [0.3, 0.4) is 0 Å². The van der Waals surface area contributed by atoms with E-state index in [9.17, 15) is 8.42 Å². The molecule has 18 heavy (non-hydrogen) atoms. The lowest BCUT2D eigenvalue weighted by Gasteiger charge is -1.99. The topological polar surface area (TPSA) is 58.5 Å². The first-order chi connectivity index (χ1) is 8.65. The Kier molecular flexibility index (Phi) is 4.24. The van der Waals surface area contributed by atoms with Crippen LogP contribution in [0.25, 0.3) is 0 Å². The summed E-state index contributed by atoms with van der Waals surface area (Å²) >= 11 is 5.58. The van der Waals surface area contributed by atoms with Gasteiger partial charge in [-0.1, -0.05) is 18.6 Å². The summed E-state index contributed by atoms with van der Waals surface area (Å²) in [5, 5.41) is 0. The molecule has 0 saturated carbocycles. The predicted octanol–water partition coefficient (Wildman–Crippen LogP) is 2.13. The predicted molar refractivity (Wildman–Crippen MR) is 72.7 cm³/mol. The normalized spacial score (nSPS) is 18.6. The lowest BCUT2D eigenvalue weighted by molar-refractivity contribution is 0.595. The fourth-order valence-electron chi connectivity index (χ4n) is 1.83. The molecule has 0 saturated heterocycles. The number of aliphatic imine (C=N–C) groups is 1. The number of fused-ring (bicyclic) bond motifs is 1. The van der Waals surface area contributed by atoms with Crippen molar-refractivity contribution >= 4 is 27.5 Å². The summed E-state index contributed by atoms with van der Waals surface area (Å²) in [4.78, 5) is 4.62. The van der Waals surface area contributed by atoms with Crippen LogP contribution in [0.15, 0.2) is 34.2 Å². The third kappa shape index (κ3) is 2.84. The zero-order valence-corrected chi connectivity index (χ0v) is 11.5. The average molecular weight is 287 g/mol. The molecule has 0 radical (unpaired) electrons. The second-order valence-electron chi connectivity index (χ2n) is 4.08. The van der Waals surface area contributed by atoms with Gasteiger partial charge >= 0.3 is 0 Å². The maximum absolute atomic E-state index is 11.8. The van der Waals surface area contributed by atoms with Crippen LogP contribution in [0.1, 0.15) is 24.8 Å². The quantitative estimate of drug-likeness (QED) is 0.666. The van der Waals surface area contributed by atoms with Crippen LogP contribution in [0, 0.1) is 0 Å². The van der Waals surface area contributed by atoms with Crippen LogP contribution in [0.2, 0.25) is 0 Å². The van der Waals surface area contributed by atoms with E-state index in [1.807, 2.05) is 6.07 Å². The molecular weight excluding hydrogens is 272 g/mol. The molecular formula is C12H15ClN2O2S. The smallest absolute Gasteiger partial charge is 0.263 e. The van der Waals surface area contributed by atoms with E-state index in [0.29, 0.717) is 28.7 Å². The van der Waals surface area contributed by atoms with Gasteiger partial charge in [-0.05, 0) is 25.0 Å². The van der Waals surface area contributed by atoms with Crippen LogP contribution in [0.5, 0.6) is 0 Å². The number of rotatable bonds is 5. The largest absolute Gasteiger partial charge is 0.267 e. The maximum Gasteiger partial charge on any atom is 0.263 e. The number of benzene rings is 1. The zero-order valence-electron chi connectivity index (χ0n) is 9.89. The molecule has 1 aliphatic heterocycles. The Labute approximate surface area is 112 Å². The standard InChI is InChI=1S/C12H15ClN2O2S/c13-8-4-1-5-9-14-12-10-6-2-3-7-11(10)18(16,17)15-12/h2-3,6-7H,1,4-5,8-9H2,(H,14,15). The first-order valence-corrected chi connectivity index (χ1v) is 7.89. The first-order valence-electron chi connectivity index (χ1n) is 5.88. The number of nitrogens with zero attached hydrogens (tertiary/aromatic N) is 1. The molecule has 1 aromatic rings. The van der Waals surface area contributed by atoms with Crippen molar-refractivity contribution in [2.45, 2.75) is 24.2 Å². The fourth-order valence-corrected chi connectivity index (χ4v) is 3.27. The Morgan fingerprint density at radius 3 is 2.72 bits per heavy atom. The minimum absolute atomic E-state index is 0.310. The van der Waals surface area contributed by atoms with E-state index in [1.54, 1.807) is 18.2 Å². The highest BCUT2D eigenvalue weighted by Gasteiger charge is 2.29. The fraction of sp³-hybridized carbons (Fsp3) is 0.417. The molecule has 0 aliphatic carbocycles. The summed E-state index contributed by atoms with van der Waals surface area (Å²) in [7, 11) is -3.40.